The van der Waals surface area contributed by atoms with Crippen molar-refractivity contribution in [3.05, 3.63) is 29.8 Å². The topological polar surface area (TPSA) is 61.6 Å². The first-order valence-electron chi connectivity index (χ1n) is 5.73. The maximum atomic E-state index is 12.9. The molecule has 0 fully saturated rings. The molecule has 0 bridgehead atoms. The third-order valence-electron chi connectivity index (χ3n) is 2.34. The number of rotatable bonds is 4. The molecular formula is C12H9F3N4S2. The highest BCUT2D eigenvalue weighted by Gasteiger charge is 2.33. The summed E-state index contributed by atoms with van der Waals surface area (Å²) in [6, 6.07) is 7.19. The standard InChI is InChI=1S/C12H9F3N4S2/c1-7(6-16)20-11-19-18-10(21-11)17-9-5-3-2-4-8(9)12(13,14)15/h2-5,7H,1H3,(H,17,18)/t7-/m1/s1. The first-order chi connectivity index (χ1) is 9.90. The summed E-state index contributed by atoms with van der Waals surface area (Å²) in [7, 11) is 0. The van der Waals surface area contributed by atoms with Gasteiger partial charge in [0.15, 0.2) is 4.34 Å². The molecule has 9 heteroatoms. The second-order valence-corrected chi connectivity index (χ2v) is 6.50. The molecule has 1 heterocycles. The van der Waals surface area contributed by atoms with Gasteiger partial charge in [0, 0.05) is 0 Å². The van der Waals surface area contributed by atoms with Crippen LogP contribution in [-0.4, -0.2) is 15.4 Å². The lowest BCUT2D eigenvalue weighted by Gasteiger charge is -2.12. The summed E-state index contributed by atoms with van der Waals surface area (Å²) >= 11 is 2.31. The lowest BCUT2D eigenvalue weighted by molar-refractivity contribution is -0.136. The van der Waals surface area contributed by atoms with E-state index in [9.17, 15) is 13.2 Å². The molecule has 0 aliphatic heterocycles. The quantitative estimate of drug-likeness (QED) is 0.847. The van der Waals surface area contributed by atoms with Gasteiger partial charge in [-0.05, 0) is 19.1 Å². The number of halogens is 3. The summed E-state index contributed by atoms with van der Waals surface area (Å²) in [4.78, 5) is 0. The van der Waals surface area contributed by atoms with Gasteiger partial charge in [0.25, 0.3) is 0 Å². The van der Waals surface area contributed by atoms with Gasteiger partial charge in [-0.25, -0.2) is 0 Å². The molecule has 0 spiro atoms. The normalized spacial score (nSPS) is 12.7. The van der Waals surface area contributed by atoms with E-state index in [1.54, 1.807) is 6.92 Å². The van der Waals surface area contributed by atoms with E-state index in [1.807, 2.05) is 6.07 Å². The number of nitrogens with zero attached hydrogens (tertiary/aromatic N) is 3. The minimum atomic E-state index is -4.44. The fourth-order valence-corrected chi connectivity index (χ4v) is 3.24. The number of para-hydroxylation sites is 1. The fourth-order valence-electron chi connectivity index (χ4n) is 1.44. The van der Waals surface area contributed by atoms with E-state index >= 15 is 0 Å². The fraction of sp³-hybridized carbons (Fsp3) is 0.250. The van der Waals surface area contributed by atoms with E-state index in [-0.39, 0.29) is 16.1 Å². The molecule has 21 heavy (non-hydrogen) atoms. The molecule has 2 aromatic rings. The van der Waals surface area contributed by atoms with Gasteiger partial charge in [-0.15, -0.1) is 10.2 Å². The van der Waals surface area contributed by atoms with Crippen LogP contribution in [0.1, 0.15) is 12.5 Å². The predicted octanol–water partition coefficient (Wildman–Crippen LogP) is 4.30. The average molecular weight is 330 g/mol. The van der Waals surface area contributed by atoms with Gasteiger partial charge in [-0.1, -0.05) is 35.2 Å². The zero-order valence-corrected chi connectivity index (χ0v) is 12.3. The maximum absolute atomic E-state index is 12.9. The van der Waals surface area contributed by atoms with Crippen LogP contribution in [0.25, 0.3) is 0 Å². The summed E-state index contributed by atoms with van der Waals surface area (Å²) in [5.74, 6) is 0. The molecule has 1 aromatic carbocycles. The van der Waals surface area contributed by atoms with Crippen LogP contribution >= 0.6 is 23.1 Å². The zero-order valence-electron chi connectivity index (χ0n) is 10.7. The van der Waals surface area contributed by atoms with Crippen molar-refractivity contribution < 1.29 is 13.2 Å². The summed E-state index contributed by atoms with van der Waals surface area (Å²) in [5, 5.41) is 18.9. The number of alkyl halides is 3. The van der Waals surface area contributed by atoms with Crippen LogP contribution in [0.15, 0.2) is 28.6 Å². The van der Waals surface area contributed by atoms with Crippen molar-refractivity contribution in [1.29, 1.82) is 5.26 Å². The van der Waals surface area contributed by atoms with Gasteiger partial charge < -0.3 is 5.32 Å². The second kappa shape index (κ2) is 6.32. The minimum Gasteiger partial charge on any atom is -0.330 e. The second-order valence-electron chi connectivity index (χ2n) is 3.93. The van der Waals surface area contributed by atoms with E-state index in [4.69, 9.17) is 5.26 Å². The van der Waals surface area contributed by atoms with Crippen molar-refractivity contribution in [3.63, 3.8) is 0 Å². The molecule has 2 rings (SSSR count). The van der Waals surface area contributed by atoms with Crippen LogP contribution < -0.4 is 5.32 Å². The SMILES string of the molecule is C[C@H](C#N)Sc1nnc(Nc2ccccc2C(F)(F)F)s1. The molecule has 110 valence electrons. The van der Waals surface area contributed by atoms with E-state index in [2.05, 4.69) is 15.5 Å². The smallest absolute Gasteiger partial charge is 0.330 e. The molecule has 0 aliphatic carbocycles. The molecule has 1 aromatic heterocycles. The predicted molar refractivity (Wildman–Crippen MR) is 75.6 cm³/mol. The van der Waals surface area contributed by atoms with Crippen LogP contribution in [-0.2, 0) is 6.18 Å². The highest BCUT2D eigenvalue weighted by Crippen LogP contribution is 2.37. The Kier molecular flexibility index (Phi) is 4.69. The van der Waals surface area contributed by atoms with E-state index in [1.165, 1.54) is 30.0 Å². The molecular weight excluding hydrogens is 321 g/mol. The van der Waals surface area contributed by atoms with Crippen LogP contribution in [0.5, 0.6) is 0 Å². The summed E-state index contributed by atoms with van der Waals surface area (Å²) in [6.45, 7) is 1.71. The summed E-state index contributed by atoms with van der Waals surface area (Å²) in [5.41, 5.74) is -0.842. The maximum Gasteiger partial charge on any atom is 0.418 e. The Hall–Kier alpha value is -1.79. The van der Waals surface area contributed by atoms with E-state index in [0.717, 1.165) is 17.4 Å². The van der Waals surface area contributed by atoms with Gasteiger partial charge in [-0.3, -0.25) is 0 Å². The highest BCUT2D eigenvalue weighted by molar-refractivity contribution is 8.01. The van der Waals surface area contributed by atoms with Gasteiger partial charge >= 0.3 is 6.18 Å². The van der Waals surface area contributed by atoms with Crippen molar-refractivity contribution in [1.82, 2.24) is 10.2 Å². The number of hydrogen-bond acceptors (Lipinski definition) is 6. The van der Waals surface area contributed by atoms with Gasteiger partial charge in [-0.2, -0.15) is 18.4 Å². The first kappa shape index (κ1) is 15.6. The van der Waals surface area contributed by atoms with Crippen LogP contribution in [0, 0.1) is 11.3 Å². The molecule has 0 saturated carbocycles. The Morgan fingerprint density at radius 1 is 1.33 bits per heavy atom. The van der Waals surface area contributed by atoms with Gasteiger partial charge in [0.1, 0.15) is 0 Å². The third kappa shape index (κ3) is 4.09. The van der Waals surface area contributed by atoms with Crippen molar-refractivity contribution in [2.45, 2.75) is 22.7 Å². The minimum absolute atomic E-state index is 0.0777. The number of hydrogen-bond donors (Lipinski definition) is 1. The van der Waals surface area contributed by atoms with Gasteiger partial charge in [0.2, 0.25) is 5.13 Å². The van der Waals surface area contributed by atoms with Crippen LogP contribution in [0.2, 0.25) is 0 Å². The monoisotopic (exact) mass is 330 g/mol. The number of benzene rings is 1. The van der Waals surface area contributed by atoms with Crippen molar-refractivity contribution >= 4 is 33.9 Å². The average Bonchev–Trinajstić information content (AvgIpc) is 2.85. The largest absolute Gasteiger partial charge is 0.418 e. The van der Waals surface area contributed by atoms with E-state index < -0.39 is 11.7 Å². The Balaban J connectivity index is 2.18. The molecule has 4 nitrogen and oxygen atoms in total. The number of thioether (sulfide) groups is 1. The Morgan fingerprint density at radius 2 is 2.05 bits per heavy atom. The Labute approximate surface area is 127 Å². The van der Waals surface area contributed by atoms with Crippen molar-refractivity contribution in [3.8, 4) is 6.07 Å². The van der Waals surface area contributed by atoms with Crippen molar-refractivity contribution in [2.75, 3.05) is 5.32 Å². The Morgan fingerprint density at radius 3 is 2.71 bits per heavy atom. The lowest BCUT2D eigenvalue weighted by Crippen LogP contribution is -2.08. The summed E-state index contributed by atoms with van der Waals surface area (Å²) in [6.07, 6.45) is -4.44. The number of anilines is 2. The molecule has 1 N–H and O–H groups in total. The molecule has 0 radical (unpaired) electrons. The number of nitrogens with one attached hydrogen (secondary N) is 1. The lowest BCUT2D eigenvalue weighted by atomic mass is 10.2. The van der Waals surface area contributed by atoms with Crippen molar-refractivity contribution in [2.24, 2.45) is 0 Å². The molecule has 1 atom stereocenters. The zero-order chi connectivity index (χ0) is 15.5. The van der Waals surface area contributed by atoms with Gasteiger partial charge in [0.05, 0.1) is 22.6 Å². The molecule has 0 unspecified atom stereocenters. The first-order valence-corrected chi connectivity index (χ1v) is 7.43. The molecule has 0 saturated heterocycles. The Bertz CT molecular complexity index is 663. The van der Waals surface area contributed by atoms with E-state index in [0.29, 0.717) is 4.34 Å². The molecule has 0 amide bonds. The number of aromatic nitrogens is 2. The molecule has 0 aliphatic rings. The number of nitriles is 1. The van der Waals surface area contributed by atoms with Crippen LogP contribution in [0.3, 0.4) is 0 Å². The van der Waals surface area contributed by atoms with Crippen LogP contribution in [0.4, 0.5) is 24.0 Å². The summed E-state index contributed by atoms with van der Waals surface area (Å²) < 4.78 is 39.1. The highest BCUT2D eigenvalue weighted by atomic mass is 32.2. The third-order valence-corrected chi connectivity index (χ3v) is 4.25.